The van der Waals surface area contributed by atoms with E-state index in [1.807, 2.05) is 0 Å². The number of hydrogen-bond acceptors (Lipinski definition) is 1. The summed E-state index contributed by atoms with van der Waals surface area (Å²) in [6.07, 6.45) is 5.28. The molecule has 1 aliphatic rings. The van der Waals surface area contributed by atoms with Crippen molar-refractivity contribution in [1.29, 1.82) is 5.41 Å². The van der Waals surface area contributed by atoms with E-state index in [0.29, 0.717) is 0 Å². The van der Waals surface area contributed by atoms with Crippen molar-refractivity contribution in [2.75, 3.05) is 0 Å². The van der Waals surface area contributed by atoms with Crippen molar-refractivity contribution in [2.24, 2.45) is 5.92 Å². The predicted molar refractivity (Wildman–Crippen MR) is 26.1 cm³/mol. The van der Waals surface area contributed by atoms with Crippen LogP contribution in [-0.4, -0.2) is 6.21 Å². The molecule has 1 saturated carbocycles. The maximum Gasteiger partial charge on any atom is -0.00450 e. The zero-order valence-corrected chi connectivity index (χ0v) is 3.78. The molecule has 1 fully saturated rings. The third kappa shape index (κ3) is 0.814. The summed E-state index contributed by atoms with van der Waals surface area (Å²) in [5, 5.41) is 6.65. The zero-order chi connectivity index (χ0) is 4.41. The second-order valence-electron chi connectivity index (χ2n) is 1.88. The largest absolute Gasteiger partial charge is 0.313 e. The van der Waals surface area contributed by atoms with Crippen LogP contribution in [0.4, 0.5) is 0 Å². The molecule has 0 aromatic heterocycles. The van der Waals surface area contributed by atoms with Crippen molar-refractivity contribution in [1.82, 2.24) is 0 Å². The fraction of sp³-hybridized carbons (Fsp3) is 0.800. The molecule has 0 amide bonds. The third-order valence-electron chi connectivity index (χ3n) is 1.15. The van der Waals surface area contributed by atoms with Crippen molar-refractivity contribution in [3.05, 3.63) is 0 Å². The lowest BCUT2D eigenvalue weighted by molar-refractivity contribution is 0.904. The average molecular weight is 83.1 g/mol. The van der Waals surface area contributed by atoms with Crippen molar-refractivity contribution in [3.8, 4) is 0 Å². The highest BCUT2D eigenvalue weighted by Gasteiger charge is 2.18. The maximum atomic E-state index is 6.65. The van der Waals surface area contributed by atoms with Gasteiger partial charge in [0.05, 0.1) is 0 Å². The first-order chi connectivity index (χ1) is 2.93. The van der Waals surface area contributed by atoms with Crippen LogP contribution in [0.3, 0.4) is 0 Å². The van der Waals surface area contributed by atoms with E-state index in [9.17, 15) is 0 Å². The van der Waals surface area contributed by atoms with Crippen LogP contribution >= 0.6 is 0 Å². The molecule has 0 saturated heterocycles. The highest BCUT2D eigenvalue weighted by Crippen LogP contribution is 2.30. The number of hydrogen-bond donors (Lipinski definition) is 1. The SMILES string of the molecule is N=CCC1CC1. The molecule has 1 nitrogen and oxygen atoms in total. The summed E-state index contributed by atoms with van der Waals surface area (Å²) in [5.41, 5.74) is 0. The Bertz CT molecular complexity index is 55.0. The van der Waals surface area contributed by atoms with Gasteiger partial charge in [0, 0.05) is 0 Å². The molecule has 0 aromatic rings. The number of rotatable bonds is 2. The normalized spacial score (nSPS) is 20.7. The average Bonchev–Trinajstić information content (AvgIpc) is 2.21. The van der Waals surface area contributed by atoms with Gasteiger partial charge in [0.15, 0.2) is 0 Å². The van der Waals surface area contributed by atoms with E-state index in [4.69, 9.17) is 5.41 Å². The van der Waals surface area contributed by atoms with E-state index >= 15 is 0 Å². The minimum atomic E-state index is 0.905. The lowest BCUT2D eigenvalue weighted by Gasteiger charge is -1.75. The quantitative estimate of drug-likeness (QED) is 0.488. The first-order valence-corrected chi connectivity index (χ1v) is 2.42. The van der Waals surface area contributed by atoms with Gasteiger partial charge >= 0.3 is 0 Å². The van der Waals surface area contributed by atoms with E-state index in [1.165, 1.54) is 19.1 Å². The topological polar surface area (TPSA) is 23.9 Å². The van der Waals surface area contributed by atoms with Gasteiger partial charge in [0.25, 0.3) is 0 Å². The lowest BCUT2D eigenvalue weighted by Crippen LogP contribution is -1.71. The Hall–Kier alpha value is -0.330. The molecule has 0 radical (unpaired) electrons. The van der Waals surface area contributed by atoms with Crippen LogP contribution in [0.15, 0.2) is 0 Å². The molecular formula is C5H9N. The molecule has 0 atom stereocenters. The van der Waals surface area contributed by atoms with Gasteiger partial charge in [-0.05, 0) is 31.4 Å². The molecule has 1 aliphatic carbocycles. The molecule has 1 rings (SSSR count). The molecule has 0 bridgehead atoms. The van der Waals surface area contributed by atoms with E-state index in [1.54, 1.807) is 0 Å². The van der Waals surface area contributed by atoms with Crippen molar-refractivity contribution >= 4 is 6.21 Å². The van der Waals surface area contributed by atoms with Gasteiger partial charge in [-0.15, -0.1) is 0 Å². The van der Waals surface area contributed by atoms with Gasteiger partial charge in [-0.1, -0.05) is 0 Å². The summed E-state index contributed by atoms with van der Waals surface area (Å²) in [6.45, 7) is 0. The van der Waals surface area contributed by atoms with E-state index in [-0.39, 0.29) is 0 Å². The lowest BCUT2D eigenvalue weighted by atomic mass is 10.3. The molecule has 0 unspecified atom stereocenters. The summed E-state index contributed by atoms with van der Waals surface area (Å²) in [4.78, 5) is 0. The van der Waals surface area contributed by atoms with Gasteiger partial charge in [0.2, 0.25) is 0 Å². The zero-order valence-electron chi connectivity index (χ0n) is 3.78. The summed E-state index contributed by atoms with van der Waals surface area (Å²) in [7, 11) is 0. The minimum absolute atomic E-state index is 0.905. The highest BCUT2D eigenvalue weighted by atomic mass is 14.4. The third-order valence-corrected chi connectivity index (χ3v) is 1.15. The van der Waals surface area contributed by atoms with Gasteiger partial charge < -0.3 is 5.41 Å². The van der Waals surface area contributed by atoms with E-state index in [2.05, 4.69) is 0 Å². The molecule has 0 heterocycles. The van der Waals surface area contributed by atoms with Crippen LogP contribution in [-0.2, 0) is 0 Å². The second kappa shape index (κ2) is 1.41. The first kappa shape index (κ1) is 3.85. The molecular weight excluding hydrogens is 74.1 g/mol. The fourth-order valence-electron chi connectivity index (χ4n) is 0.520. The summed E-state index contributed by atoms with van der Waals surface area (Å²) in [6, 6.07) is 0. The van der Waals surface area contributed by atoms with Gasteiger partial charge in [0.1, 0.15) is 0 Å². The van der Waals surface area contributed by atoms with Crippen molar-refractivity contribution in [3.63, 3.8) is 0 Å². The van der Waals surface area contributed by atoms with Crippen LogP contribution < -0.4 is 0 Å². The molecule has 1 N–H and O–H groups in total. The molecule has 6 heavy (non-hydrogen) atoms. The van der Waals surface area contributed by atoms with Crippen LogP contribution in [0.25, 0.3) is 0 Å². The predicted octanol–water partition coefficient (Wildman–Crippen LogP) is 1.44. The minimum Gasteiger partial charge on any atom is -0.313 e. The van der Waals surface area contributed by atoms with Crippen molar-refractivity contribution < 1.29 is 0 Å². The first-order valence-electron chi connectivity index (χ1n) is 2.42. The highest BCUT2D eigenvalue weighted by molar-refractivity contribution is 5.53. The van der Waals surface area contributed by atoms with E-state index in [0.717, 1.165) is 12.3 Å². The van der Waals surface area contributed by atoms with Crippen LogP contribution in [0.2, 0.25) is 0 Å². The van der Waals surface area contributed by atoms with Crippen LogP contribution in [0.5, 0.6) is 0 Å². The smallest absolute Gasteiger partial charge is 0.00450 e. The van der Waals surface area contributed by atoms with Gasteiger partial charge in [-0.3, -0.25) is 0 Å². The Balaban J connectivity index is 2.00. The Kier molecular flexibility index (Phi) is 0.906. The van der Waals surface area contributed by atoms with Crippen LogP contribution in [0, 0.1) is 11.3 Å². The Labute approximate surface area is 37.9 Å². The standard InChI is InChI=1S/C5H9N/c6-4-3-5-1-2-5/h4-6H,1-3H2. The second-order valence-corrected chi connectivity index (χ2v) is 1.88. The van der Waals surface area contributed by atoms with Gasteiger partial charge in [-0.25, -0.2) is 0 Å². The fourth-order valence-corrected chi connectivity index (χ4v) is 0.520. The Morgan fingerprint density at radius 1 is 1.67 bits per heavy atom. The monoisotopic (exact) mass is 83.1 g/mol. The number of nitrogens with one attached hydrogen (secondary N) is 1. The Morgan fingerprint density at radius 2 is 2.33 bits per heavy atom. The summed E-state index contributed by atoms with van der Waals surface area (Å²) < 4.78 is 0. The summed E-state index contributed by atoms with van der Waals surface area (Å²) >= 11 is 0. The molecule has 34 valence electrons. The molecule has 0 aliphatic heterocycles. The molecule has 1 heteroatoms. The van der Waals surface area contributed by atoms with Crippen molar-refractivity contribution in [2.45, 2.75) is 19.3 Å². The Morgan fingerprint density at radius 3 is 2.50 bits per heavy atom. The summed E-state index contributed by atoms with van der Waals surface area (Å²) in [5.74, 6) is 0.905. The molecule has 0 aromatic carbocycles. The molecule has 0 spiro atoms. The maximum absolute atomic E-state index is 6.65. The van der Waals surface area contributed by atoms with E-state index < -0.39 is 0 Å². The van der Waals surface area contributed by atoms with Gasteiger partial charge in [-0.2, -0.15) is 0 Å². The van der Waals surface area contributed by atoms with Crippen LogP contribution in [0.1, 0.15) is 19.3 Å².